The molecule has 0 aliphatic rings. The molecule has 0 spiro atoms. The fraction of sp³-hybridized carbons (Fsp3) is 0.250. The predicted molar refractivity (Wildman–Crippen MR) is 47.2 cm³/mol. The summed E-state index contributed by atoms with van der Waals surface area (Å²) >= 11 is 5.81. The second-order valence-corrected chi connectivity index (χ2v) is 2.79. The lowest BCUT2D eigenvalue weighted by atomic mass is 10.1. The van der Waals surface area contributed by atoms with Crippen molar-refractivity contribution >= 4 is 11.6 Å². The Morgan fingerprint density at radius 1 is 1.25 bits per heavy atom. The molecule has 66 valence electrons. The Morgan fingerprint density at radius 2 is 1.92 bits per heavy atom. The average Bonchev–Trinajstić information content (AvgIpc) is 2.06. The van der Waals surface area contributed by atoms with Crippen molar-refractivity contribution in [1.29, 1.82) is 0 Å². The second kappa shape index (κ2) is 3.85. The Balaban J connectivity index is 3.24. The Morgan fingerprint density at radius 3 is 2.42 bits per heavy atom. The van der Waals surface area contributed by atoms with Crippen LogP contribution in [0, 0.1) is 5.82 Å². The molecule has 0 aromatic heterocycles. The van der Waals surface area contributed by atoms with Crippen LogP contribution in [0.5, 0.6) is 0 Å². The molecule has 4 heteroatoms. The minimum absolute atomic E-state index is 0.0957. The van der Waals surface area contributed by atoms with E-state index in [2.05, 4.69) is 0 Å². The number of benzene rings is 1. The molecule has 0 atom stereocenters. The van der Waals surface area contributed by atoms with Crippen molar-refractivity contribution in [3.05, 3.63) is 34.1 Å². The largest absolute Gasteiger partial charge is 0.326 e. The average molecular weight is 189 g/mol. The van der Waals surface area contributed by atoms with Crippen LogP contribution in [0.4, 0.5) is 4.39 Å². The lowest BCUT2D eigenvalue weighted by Gasteiger charge is -2.06. The van der Waals surface area contributed by atoms with Crippen molar-refractivity contribution in [3.63, 3.8) is 0 Å². The first-order valence-corrected chi connectivity index (χ1v) is 3.94. The van der Waals surface area contributed by atoms with Crippen LogP contribution in [0.2, 0.25) is 5.02 Å². The van der Waals surface area contributed by atoms with Crippen LogP contribution in [0.1, 0.15) is 11.1 Å². The van der Waals surface area contributed by atoms with E-state index >= 15 is 0 Å². The Labute approximate surface area is 75.3 Å². The van der Waals surface area contributed by atoms with E-state index in [1.165, 1.54) is 6.07 Å². The fourth-order valence-electron chi connectivity index (χ4n) is 0.991. The molecule has 1 aromatic carbocycles. The standard InChI is InChI=1S/C8H10ClFN2/c9-8-5(3-11)1-2-7(10)6(8)4-12/h1-2H,3-4,11-12H2. The summed E-state index contributed by atoms with van der Waals surface area (Å²) in [5.41, 5.74) is 11.7. The molecule has 0 radical (unpaired) electrons. The van der Waals surface area contributed by atoms with E-state index in [4.69, 9.17) is 23.1 Å². The highest BCUT2D eigenvalue weighted by Gasteiger charge is 2.08. The molecule has 0 bridgehead atoms. The molecule has 0 aliphatic heterocycles. The molecular weight excluding hydrogens is 179 g/mol. The van der Waals surface area contributed by atoms with Gasteiger partial charge >= 0.3 is 0 Å². The van der Waals surface area contributed by atoms with E-state index in [1.54, 1.807) is 6.07 Å². The summed E-state index contributed by atoms with van der Waals surface area (Å²) in [6.07, 6.45) is 0. The first-order chi connectivity index (χ1) is 5.70. The molecular formula is C8H10ClFN2. The van der Waals surface area contributed by atoms with Crippen molar-refractivity contribution < 1.29 is 4.39 Å². The zero-order chi connectivity index (χ0) is 9.14. The molecule has 0 heterocycles. The molecule has 2 nitrogen and oxygen atoms in total. The molecule has 0 saturated heterocycles. The van der Waals surface area contributed by atoms with Gasteiger partial charge in [0.2, 0.25) is 0 Å². The van der Waals surface area contributed by atoms with Crippen LogP contribution in [0.3, 0.4) is 0 Å². The van der Waals surface area contributed by atoms with Gasteiger partial charge in [0.05, 0.1) is 5.02 Å². The summed E-state index contributed by atoms with van der Waals surface area (Å²) < 4.78 is 13.0. The van der Waals surface area contributed by atoms with Gasteiger partial charge in [0.1, 0.15) is 5.82 Å². The SMILES string of the molecule is NCc1ccc(F)c(CN)c1Cl. The Bertz CT molecular complexity index is 289. The summed E-state index contributed by atoms with van der Waals surface area (Å²) in [6, 6.07) is 2.90. The molecule has 1 aromatic rings. The highest BCUT2D eigenvalue weighted by Crippen LogP contribution is 2.22. The van der Waals surface area contributed by atoms with Crippen molar-refractivity contribution in [2.45, 2.75) is 13.1 Å². The first kappa shape index (κ1) is 9.45. The molecule has 12 heavy (non-hydrogen) atoms. The van der Waals surface area contributed by atoms with Crippen LogP contribution >= 0.6 is 11.6 Å². The third-order valence-electron chi connectivity index (χ3n) is 1.69. The van der Waals surface area contributed by atoms with Gasteiger partial charge in [-0.2, -0.15) is 0 Å². The van der Waals surface area contributed by atoms with E-state index in [0.717, 1.165) is 5.56 Å². The van der Waals surface area contributed by atoms with Crippen molar-refractivity contribution in [3.8, 4) is 0 Å². The van der Waals surface area contributed by atoms with Gasteiger partial charge in [0.15, 0.2) is 0 Å². The maximum Gasteiger partial charge on any atom is 0.129 e. The summed E-state index contributed by atoms with van der Waals surface area (Å²) in [5.74, 6) is -0.375. The third kappa shape index (κ3) is 1.58. The minimum Gasteiger partial charge on any atom is -0.326 e. The second-order valence-electron chi connectivity index (χ2n) is 2.41. The fourth-order valence-corrected chi connectivity index (χ4v) is 1.30. The van der Waals surface area contributed by atoms with E-state index < -0.39 is 0 Å². The molecule has 0 unspecified atom stereocenters. The van der Waals surface area contributed by atoms with Gasteiger partial charge in [0.25, 0.3) is 0 Å². The minimum atomic E-state index is -0.375. The van der Waals surface area contributed by atoms with Crippen LogP contribution in [-0.2, 0) is 13.1 Å². The Hall–Kier alpha value is -0.640. The van der Waals surface area contributed by atoms with Crippen LogP contribution in [0.15, 0.2) is 12.1 Å². The molecule has 0 aliphatic carbocycles. The van der Waals surface area contributed by atoms with E-state index in [1.807, 2.05) is 0 Å². The van der Waals surface area contributed by atoms with Crippen LogP contribution in [0.25, 0.3) is 0 Å². The number of rotatable bonds is 2. The van der Waals surface area contributed by atoms with Crippen LogP contribution in [-0.4, -0.2) is 0 Å². The lowest BCUT2D eigenvalue weighted by molar-refractivity contribution is 0.609. The first-order valence-electron chi connectivity index (χ1n) is 3.56. The van der Waals surface area contributed by atoms with Gasteiger partial charge in [-0.1, -0.05) is 17.7 Å². The number of hydrogen-bond acceptors (Lipinski definition) is 2. The summed E-state index contributed by atoms with van der Waals surface area (Å²) in [6.45, 7) is 0.393. The smallest absolute Gasteiger partial charge is 0.129 e. The normalized spacial score (nSPS) is 10.3. The maximum atomic E-state index is 13.0. The number of hydrogen-bond donors (Lipinski definition) is 2. The number of halogens is 2. The highest BCUT2D eigenvalue weighted by atomic mass is 35.5. The summed E-state index contributed by atoms with van der Waals surface area (Å²) in [5, 5.41) is 0.347. The van der Waals surface area contributed by atoms with Gasteiger partial charge in [-0.15, -0.1) is 0 Å². The molecule has 0 fully saturated rings. The van der Waals surface area contributed by atoms with Crippen molar-refractivity contribution in [1.82, 2.24) is 0 Å². The van der Waals surface area contributed by atoms with Gasteiger partial charge < -0.3 is 11.5 Å². The lowest BCUT2D eigenvalue weighted by Crippen LogP contribution is -2.05. The van der Waals surface area contributed by atoms with E-state index in [9.17, 15) is 4.39 Å². The van der Waals surface area contributed by atoms with Crippen molar-refractivity contribution in [2.24, 2.45) is 11.5 Å². The number of nitrogens with two attached hydrogens (primary N) is 2. The predicted octanol–water partition coefficient (Wildman–Crippen LogP) is 1.40. The summed E-state index contributed by atoms with van der Waals surface area (Å²) in [4.78, 5) is 0. The van der Waals surface area contributed by atoms with Gasteiger partial charge in [-0.25, -0.2) is 4.39 Å². The molecule has 0 saturated carbocycles. The maximum absolute atomic E-state index is 13.0. The van der Waals surface area contributed by atoms with E-state index in [0.29, 0.717) is 17.1 Å². The zero-order valence-electron chi connectivity index (χ0n) is 6.48. The van der Waals surface area contributed by atoms with Gasteiger partial charge in [0, 0.05) is 18.7 Å². The third-order valence-corrected chi connectivity index (χ3v) is 2.16. The highest BCUT2D eigenvalue weighted by molar-refractivity contribution is 6.32. The summed E-state index contributed by atoms with van der Waals surface area (Å²) in [7, 11) is 0. The Kier molecular flexibility index (Phi) is 3.03. The van der Waals surface area contributed by atoms with Gasteiger partial charge in [-0.3, -0.25) is 0 Å². The van der Waals surface area contributed by atoms with Gasteiger partial charge in [-0.05, 0) is 11.6 Å². The van der Waals surface area contributed by atoms with Crippen molar-refractivity contribution in [2.75, 3.05) is 0 Å². The molecule has 1 rings (SSSR count). The molecule has 4 N–H and O–H groups in total. The molecule has 0 amide bonds. The quantitative estimate of drug-likeness (QED) is 0.737. The van der Waals surface area contributed by atoms with E-state index in [-0.39, 0.29) is 12.4 Å². The van der Waals surface area contributed by atoms with Crippen LogP contribution < -0.4 is 11.5 Å². The monoisotopic (exact) mass is 188 g/mol. The topological polar surface area (TPSA) is 52.0 Å². The zero-order valence-corrected chi connectivity index (χ0v) is 7.24.